The first-order valence-corrected chi connectivity index (χ1v) is 5.86. The van der Waals surface area contributed by atoms with Crippen molar-refractivity contribution in [1.29, 1.82) is 0 Å². The number of aliphatic hydroxyl groups excluding tert-OH is 1. The van der Waals surface area contributed by atoms with Gasteiger partial charge in [-0.25, -0.2) is 0 Å². The zero-order chi connectivity index (χ0) is 11.5. The number of aromatic nitrogens is 2. The van der Waals surface area contributed by atoms with Crippen LogP contribution in [0.4, 0.5) is 0 Å². The maximum absolute atomic E-state index is 9.39. The molecular formula is C10H19N3OS. The van der Waals surface area contributed by atoms with E-state index in [9.17, 15) is 5.11 Å². The van der Waals surface area contributed by atoms with E-state index in [1.54, 1.807) is 0 Å². The second kappa shape index (κ2) is 5.01. The Labute approximate surface area is 95.1 Å². The smallest absolute Gasteiger partial charge is 0.0895 e. The summed E-state index contributed by atoms with van der Waals surface area (Å²) in [6.07, 6.45) is 0. The maximum Gasteiger partial charge on any atom is 0.0895 e. The van der Waals surface area contributed by atoms with Gasteiger partial charge < -0.3 is 5.11 Å². The van der Waals surface area contributed by atoms with Crippen LogP contribution in [-0.4, -0.2) is 39.3 Å². The van der Waals surface area contributed by atoms with Crippen LogP contribution in [0.5, 0.6) is 0 Å². The Kier molecular flexibility index (Phi) is 4.19. The topological polar surface area (TPSA) is 49.2 Å². The lowest BCUT2D eigenvalue weighted by atomic mass is 9.86. The van der Waals surface area contributed by atoms with Gasteiger partial charge >= 0.3 is 0 Å². The van der Waals surface area contributed by atoms with Crippen molar-refractivity contribution in [2.24, 2.45) is 5.41 Å². The van der Waals surface area contributed by atoms with Crippen LogP contribution in [0.25, 0.3) is 0 Å². The number of hydrogen-bond donors (Lipinski definition) is 1. The Morgan fingerprint density at radius 2 is 2.20 bits per heavy atom. The highest BCUT2D eigenvalue weighted by atomic mass is 32.1. The second-order valence-electron chi connectivity index (χ2n) is 4.88. The molecule has 86 valence electrons. The summed E-state index contributed by atoms with van der Waals surface area (Å²) in [5.41, 5.74) is 1.03. The summed E-state index contributed by atoms with van der Waals surface area (Å²) >= 11 is 1.36. The minimum Gasteiger partial charge on any atom is -0.395 e. The number of aliphatic hydroxyl groups is 1. The highest BCUT2D eigenvalue weighted by molar-refractivity contribution is 7.03. The third-order valence-electron chi connectivity index (χ3n) is 2.52. The van der Waals surface area contributed by atoms with Crippen molar-refractivity contribution in [1.82, 2.24) is 14.5 Å². The molecule has 0 amide bonds. The lowest BCUT2D eigenvalue weighted by Gasteiger charge is -2.36. The summed E-state index contributed by atoms with van der Waals surface area (Å²) in [6.45, 7) is 7.29. The monoisotopic (exact) mass is 229 g/mol. The van der Waals surface area contributed by atoms with Gasteiger partial charge in [0.15, 0.2) is 0 Å². The highest BCUT2D eigenvalue weighted by Gasteiger charge is 2.27. The molecule has 0 aliphatic heterocycles. The normalized spacial score (nSPS) is 14.5. The molecule has 1 aromatic heterocycles. The van der Waals surface area contributed by atoms with Gasteiger partial charge in [-0.3, -0.25) is 4.90 Å². The molecule has 0 fully saturated rings. The van der Waals surface area contributed by atoms with Crippen LogP contribution < -0.4 is 0 Å². The van der Waals surface area contributed by atoms with E-state index in [2.05, 4.69) is 35.3 Å². The molecule has 0 spiro atoms. The number of hydrogen-bond acceptors (Lipinski definition) is 5. The molecule has 0 aromatic carbocycles. The van der Waals surface area contributed by atoms with E-state index in [0.29, 0.717) is 0 Å². The van der Waals surface area contributed by atoms with Crippen LogP contribution in [0.3, 0.4) is 0 Å². The molecule has 1 rings (SSSR count). The van der Waals surface area contributed by atoms with E-state index >= 15 is 0 Å². The third-order valence-corrected chi connectivity index (χ3v) is 3.07. The first-order chi connectivity index (χ1) is 6.95. The Balaban J connectivity index is 2.62. The highest BCUT2D eigenvalue weighted by Crippen LogP contribution is 2.24. The number of rotatable bonds is 4. The summed E-state index contributed by atoms with van der Waals surface area (Å²) < 4.78 is 3.83. The first kappa shape index (κ1) is 12.5. The van der Waals surface area contributed by atoms with Crippen LogP contribution >= 0.6 is 11.5 Å². The summed E-state index contributed by atoms with van der Waals surface area (Å²) in [7, 11) is 2.01. The van der Waals surface area contributed by atoms with Crippen LogP contribution in [0, 0.1) is 5.41 Å². The van der Waals surface area contributed by atoms with Crippen LogP contribution in [0.15, 0.2) is 5.38 Å². The molecule has 0 aliphatic rings. The van der Waals surface area contributed by atoms with Gasteiger partial charge in [0.2, 0.25) is 0 Å². The van der Waals surface area contributed by atoms with Crippen molar-refractivity contribution in [3.63, 3.8) is 0 Å². The fraction of sp³-hybridized carbons (Fsp3) is 0.800. The molecule has 0 bridgehead atoms. The van der Waals surface area contributed by atoms with Crippen molar-refractivity contribution in [2.75, 3.05) is 13.7 Å². The first-order valence-electron chi connectivity index (χ1n) is 5.02. The van der Waals surface area contributed by atoms with Gasteiger partial charge in [-0.1, -0.05) is 25.3 Å². The molecule has 1 N–H and O–H groups in total. The zero-order valence-corrected chi connectivity index (χ0v) is 10.6. The van der Waals surface area contributed by atoms with Gasteiger partial charge in [0.1, 0.15) is 0 Å². The summed E-state index contributed by atoms with van der Waals surface area (Å²) in [6, 6.07) is 0.138. The molecule has 1 aromatic rings. The Hall–Kier alpha value is -0.520. The molecule has 4 nitrogen and oxygen atoms in total. The molecular weight excluding hydrogens is 210 g/mol. The van der Waals surface area contributed by atoms with Crippen LogP contribution in [-0.2, 0) is 6.54 Å². The molecule has 5 heteroatoms. The third kappa shape index (κ3) is 3.52. The van der Waals surface area contributed by atoms with Crippen molar-refractivity contribution in [3.8, 4) is 0 Å². The SMILES string of the molecule is CN(Cc1csnn1)C(CO)C(C)(C)C. The van der Waals surface area contributed by atoms with E-state index in [1.165, 1.54) is 11.5 Å². The fourth-order valence-electron chi connectivity index (χ4n) is 1.69. The number of likely N-dealkylation sites (N-methyl/N-ethyl adjacent to an activating group) is 1. The minimum atomic E-state index is 0.0625. The van der Waals surface area contributed by atoms with E-state index in [1.807, 2.05) is 12.4 Å². The van der Waals surface area contributed by atoms with Gasteiger partial charge in [-0.2, -0.15) is 0 Å². The summed E-state index contributed by atoms with van der Waals surface area (Å²) in [5, 5.41) is 15.3. The largest absolute Gasteiger partial charge is 0.395 e. The van der Waals surface area contributed by atoms with Gasteiger partial charge in [-0.05, 0) is 24.0 Å². The predicted octanol–water partition coefficient (Wildman–Crippen LogP) is 1.38. The maximum atomic E-state index is 9.39. The Morgan fingerprint density at radius 3 is 2.60 bits per heavy atom. The van der Waals surface area contributed by atoms with Crippen molar-refractivity contribution >= 4 is 11.5 Å². The average Bonchev–Trinajstić information content (AvgIpc) is 2.54. The van der Waals surface area contributed by atoms with Crippen LogP contribution in [0.2, 0.25) is 0 Å². The molecule has 0 saturated heterocycles. The summed E-state index contributed by atoms with van der Waals surface area (Å²) in [4.78, 5) is 2.12. The quantitative estimate of drug-likeness (QED) is 0.847. The average molecular weight is 229 g/mol. The standard InChI is InChI=1S/C10H19N3OS/c1-10(2,3)9(6-14)13(4)5-8-7-15-12-11-8/h7,9,14H,5-6H2,1-4H3. The van der Waals surface area contributed by atoms with Crippen molar-refractivity contribution in [2.45, 2.75) is 33.4 Å². The Morgan fingerprint density at radius 1 is 1.53 bits per heavy atom. The van der Waals surface area contributed by atoms with E-state index < -0.39 is 0 Å². The molecule has 0 aliphatic carbocycles. The van der Waals surface area contributed by atoms with E-state index in [0.717, 1.165) is 12.2 Å². The van der Waals surface area contributed by atoms with E-state index in [-0.39, 0.29) is 18.1 Å². The molecule has 0 radical (unpaired) electrons. The molecule has 1 heterocycles. The minimum absolute atomic E-state index is 0.0625. The van der Waals surface area contributed by atoms with Gasteiger partial charge in [0.25, 0.3) is 0 Å². The zero-order valence-electron chi connectivity index (χ0n) is 9.77. The summed E-state index contributed by atoms with van der Waals surface area (Å²) in [5.74, 6) is 0. The van der Waals surface area contributed by atoms with Crippen molar-refractivity contribution < 1.29 is 5.11 Å². The fourth-order valence-corrected chi connectivity index (χ4v) is 2.14. The van der Waals surface area contributed by atoms with Gasteiger partial charge in [0.05, 0.1) is 12.3 Å². The lowest BCUT2D eigenvalue weighted by molar-refractivity contribution is 0.0606. The molecule has 15 heavy (non-hydrogen) atoms. The Bertz CT molecular complexity index is 281. The lowest BCUT2D eigenvalue weighted by Crippen LogP contribution is -2.44. The van der Waals surface area contributed by atoms with Gasteiger partial charge in [-0.15, -0.1) is 5.10 Å². The molecule has 0 saturated carbocycles. The molecule has 1 unspecified atom stereocenters. The van der Waals surface area contributed by atoms with Gasteiger partial charge in [0, 0.05) is 18.0 Å². The van der Waals surface area contributed by atoms with Crippen LogP contribution in [0.1, 0.15) is 26.5 Å². The molecule has 1 atom stereocenters. The second-order valence-corrected chi connectivity index (χ2v) is 5.49. The van der Waals surface area contributed by atoms with E-state index in [4.69, 9.17) is 0 Å². The number of nitrogens with zero attached hydrogens (tertiary/aromatic N) is 3. The predicted molar refractivity (Wildman–Crippen MR) is 61.7 cm³/mol. The van der Waals surface area contributed by atoms with Crippen molar-refractivity contribution in [3.05, 3.63) is 11.1 Å².